The van der Waals surface area contributed by atoms with Crippen LogP contribution < -0.4 is 10.2 Å². The van der Waals surface area contributed by atoms with E-state index in [0.717, 1.165) is 50.4 Å². The molecule has 2 aliphatic rings. The van der Waals surface area contributed by atoms with Gasteiger partial charge in [0.05, 0.1) is 0 Å². The van der Waals surface area contributed by atoms with E-state index in [4.69, 9.17) is 0 Å². The molecule has 1 aliphatic carbocycles. The van der Waals surface area contributed by atoms with Crippen LogP contribution in [0.1, 0.15) is 51.0 Å². The van der Waals surface area contributed by atoms with Crippen molar-refractivity contribution in [1.29, 1.82) is 0 Å². The number of hydrogen-bond donors (Lipinski definition) is 1. The fraction of sp³-hybridized carbons (Fsp3) is 0.765. The molecule has 0 radical (unpaired) electrons. The second-order valence-electron chi connectivity index (χ2n) is 6.61. The molecule has 1 saturated carbocycles. The summed E-state index contributed by atoms with van der Waals surface area (Å²) in [7, 11) is 0. The highest BCUT2D eigenvalue weighted by Gasteiger charge is 2.31. The van der Waals surface area contributed by atoms with Crippen molar-refractivity contribution in [3.8, 4) is 0 Å². The van der Waals surface area contributed by atoms with Crippen molar-refractivity contribution < 1.29 is 0 Å². The van der Waals surface area contributed by atoms with Crippen LogP contribution in [0, 0.1) is 11.8 Å². The third-order valence-electron chi connectivity index (χ3n) is 5.02. The van der Waals surface area contributed by atoms with Gasteiger partial charge in [0, 0.05) is 37.6 Å². The van der Waals surface area contributed by atoms with E-state index in [2.05, 4.69) is 27.1 Å². The average molecular weight is 288 g/mol. The molecular weight excluding hydrogens is 260 g/mol. The van der Waals surface area contributed by atoms with Crippen LogP contribution in [-0.2, 0) is 6.54 Å². The second kappa shape index (κ2) is 7.21. The van der Waals surface area contributed by atoms with E-state index < -0.39 is 0 Å². The quantitative estimate of drug-likeness (QED) is 0.846. The lowest BCUT2D eigenvalue weighted by atomic mass is 9.75. The van der Waals surface area contributed by atoms with Gasteiger partial charge in [-0.25, -0.2) is 9.97 Å². The van der Waals surface area contributed by atoms with Gasteiger partial charge in [-0.3, -0.25) is 0 Å². The molecular formula is C17H28N4. The maximum atomic E-state index is 4.59. The smallest absolute Gasteiger partial charge is 0.225 e. The first kappa shape index (κ1) is 14.8. The van der Waals surface area contributed by atoms with Gasteiger partial charge in [-0.1, -0.05) is 26.2 Å². The molecule has 1 aromatic heterocycles. The fourth-order valence-electron chi connectivity index (χ4n) is 3.79. The summed E-state index contributed by atoms with van der Waals surface area (Å²) in [6, 6.07) is 0. The topological polar surface area (TPSA) is 41.1 Å². The summed E-state index contributed by atoms with van der Waals surface area (Å²) in [4.78, 5) is 11.6. The Morgan fingerprint density at radius 2 is 1.90 bits per heavy atom. The van der Waals surface area contributed by atoms with Gasteiger partial charge >= 0.3 is 0 Å². The largest absolute Gasteiger partial charge is 0.341 e. The normalized spacial score (nSPS) is 25.7. The zero-order valence-corrected chi connectivity index (χ0v) is 13.2. The zero-order valence-electron chi connectivity index (χ0n) is 13.2. The standard InChI is InChI=1S/C17H28N4/c1-2-8-18-10-14-11-19-17(20-12-14)21-9-7-15-5-3-4-6-16(15)13-21/h11-12,15-16,18H,2-10,13H2,1H3. The highest BCUT2D eigenvalue weighted by molar-refractivity contribution is 5.31. The molecule has 3 rings (SSSR count). The Kier molecular flexibility index (Phi) is 5.07. The van der Waals surface area contributed by atoms with E-state index in [1.165, 1.54) is 37.7 Å². The molecule has 21 heavy (non-hydrogen) atoms. The maximum Gasteiger partial charge on any atom is 0.225 e. The Morgan fingerprint density at radius 1 is 1.14 bits per heavy atom. The number of nitrogens with one attached hydrogen (secondary N) is 1. The number of aromatic nitrogens is 2. The summed E-state index contributed by atoms with van der Waals surface area (Å²) in [5.74, 6) is 2.77. The number of nitrogens with zero attached hydrogens (tertiary/aromatic N) is 3. The van der Waals surface area contributed by atoms with Crippen molar-refractivity contribution in [2.75, 3.05) is 24.5 Å². The highest BCUT2D eigenvalue weighted by Crippen LogP contribution is 2.36. The van der Waals surface area contributed by atoms with Gasteiger partial charge in [0.15, 0.2) is 0 Å². The molecule has 2 unspecified atom stereocenters. The summed E-state index contributed by atoms with van der Waals surface area (Å²) in [5.41, 5.74) is 1.18. The number of rotatable bonds is 5. The predicted octanol–water partition coefficient (Wildman–Crippen LogP) is 2.99. The van der Waals surface area contributed by atoms with Gasteiger partial charge in [0.25, 0.3) is 0 Å². The molecule has 1 N–H and O–H groups in total. The van der Waals surface area contributed by atoms with Crippen LogP contribution in [0.3, 0.4) is 0 Å². The van der Waals surface area contributed by atoms with E-state index in [-0.39, 0.29) is 0 Å². The third kappa shape index (κ3) is 3.73. The molecule has 4 heteroatoms. The lowest BCUT2D eigenvalue weighted by Gasteiger charge is -2.41. The van der Waals surface area contributed by atoms with Crippen LogP contribution in [0.4, 0.5) is 5.95 Å². The molecule has 2 fully saturated rings. The van der Waals surface area contributed by atoms with Crippen LogP contribution >= 0.6 is 0 Å². The molecule has 0 bridgehead atoms. The van der Waals surface area contributed by atoms with E-state index >= 15 is 0 Å². The Hall–Kier alpha value is -1.16. The minimum absolute atomic E-state index is 0.874. The molecule has 1 saturated heterocycles. The molecule has 1 aromatic rings. The summed E-state index contributed by atoms with van der Waals surface area (Å²) in [6.07, 6.45) is 12.2. The van der Waals surface area contributed by atoms with E-state index in [9.17, 15) is 0 Å². The number of hydrogen-bond acceptors (Lipinski definition) is 4. The minimum atomic E-state index is 0.874. The first-order valence-corrected chi connectivity index (χ1v) is 8.63. The lowest BCUT2D eigenvalue weighted by Crippen LogP contribution is -2.42. The Morgan fingerprint density at radius 3 is 2.67 bits per heavy atom. The SMILES string of the molecule is CCCNCc1cnc(N2CCC3CCCCC3C2)nc1. The van der Waals surface area contributed by atoms with Crippen molar-refractivity contribution in [2.45, 2.75) is 52.0 Å². The number of anilines is 1. The van der Waals surface area contributed by atoms with E-state index in [0.29, 0.717) is 0 Å². The van der Waals surface area contributed by atoms with E-state index in [1.807, 2.05) is 12.4 Å². The minimum Gasteiger partial charge on any atom is -0.341 e. The molecule has 2 atom stereocenters. The molecule has 0 spiro atoms. The van der Waals surface area contributed by atoms with Crippen LogP contribution in [0.2, 0.25) is 0 Å². The molecule has 4 nitrogen and oxygen atoms in total. The monoisotopic (exact) mass is 288 g/mol. The van der Waals surface area contributed by atoms with Gasteiger partial charge in [0.1, 0.15) is 0 Å². The van der Waals surface area contributed by atoms with Crippen molar-refractivity contribution in [3.05, 3.63) is 18.0 Å². The zero-order chi connectivity index (χ0) is 14.5. The van der Waals surface area contributed by atoms with Gasteiger partial charge in [-0.05, 0) is 37.6 Å². The van der Waals surface area contributed by atoms with Gasteiger partial charge in [0.2, 0.25) is 5.95 Å². The van der Waals surface area contributed by atoms with Crippen molar-refractivity contribution in [1.82, 2.24) is 15.3 Å². The molecule has 1 aliphatic heterocycles. The van der Waals surface area contributed by atoms with E-state index in [1.54, 1.807) is 0 Å². The number of piperidine rings is 1. The summed E-state index contributed by atoms with van der Waals surface area (Å²) >= 11 is 0. The van der Waals surface area contributed by atoms with Crippen molar-refractivity contribution in [2.24, 2.45) is 11.8 Å². The maximum absolute atomic E-state index is 4.59. The van der Waals surface area contributed by atoms with Crippen LogP contribution in [0.25, 0.3) is 0 Å². The fourth-order valence-corrected chi connectivity index (χ4v) is 3.79. The van der Waals surface area contributed by atoms with Crippen molar-refractivity contribution >= 4 is 5.95 Å². The van der Waals surface area contributed by atoms with Crippen molar-refractivity contribution in [3.63, 3.8) is 0 Å². The van der Waals surface area contributed by atoms with Crippen LogP contribution in [0.15, 0.2) is 12.4 Å². The van der Waals surface area contributed by atoms with Gasteiger partial charge in [-0.15, -0.1) is 0 Å². The first-order chi connectivity index (χ1) is 10.4. The second-order valence-corrected chi connectivity index (χ2v) is 6.61. The average Bonchev–Trinajstić information content (AvgIpc) is 2.55. The number of fused-ring (bicyclic) bond motifs is 1. The first-order valence-electron chi connectivity index (χ1n) is 8.63. The lowest BCUT2D eigenvalue weighted by molar-refractivity contribution is 0.201. The summed E-state index contributed by atoms with van der Waals surface area (Å²) in [5, 5.41) is 3.39. The Balaban J connectivity index is 1.56. The molecule has 0 amide bonds. The van der Waals surface area contributed by atoms with Crippen LogP contribution in [-0.4, -0.2) is 29.6 Å². The summed E-state index contributed by atoms with van der Waals surface area (Å²) in [6.45, 7) is 6.41. The molecule has 0 aromatic carbocycles. The van der Waals surface area contributed by atoms with Gasteiger partial charge in [-0.2, -0.15) is 0 Å². The molecule has 116 valence electrons. The predicted molar refractivity (Wildman–Crippen MR) is 86.3 cm³/mol. The highest BCUT2D eigenvalue weighted by atomic mass is 15.3. The van der Waals surface area contributed by atoms with Crippen LogP contribution in [0.5, 0.6) is 0 Å². The Labute approximate surface area is 128 Å². The van der Waals surface area contributed by atoms with Gasteiger partial charge < -0.3 is 10.2 Å². The summed E-state index contributed by atoms with van der Waals surface area (Å²) < 4.78 is 0. The Bertz CT molecular complexity index is 431. The third-order valence-corrected chi connectivity index (χ3v) is 5.02. The molecule has 2 heterocycles.